The Morgan fingerprint density at radius 1 is 1.64 bits per heavy atom. The van der Waals surface area contributed by atoms with Crippen molar-refractivity contribution in [3.63, 3.8) is 0 Å². The second kappa shape index (κ2) is 4.06. The van der Waals surface area contributed by atoms with Gasteiger partial charge in [-0.15, -0.1) is 0 Å². The fourth-order valence-corrected chi connectivity index (χ4v) is 0.957. The Balaban J connectivity index is 2.30. The number of ether oxygens (including phenoxy) is 1. The van der Waals surface area contributed by atoms with Crippen molar-refractivity contribution in [2.24, 2.45) is 0 Å². The summed E-state index contributed by atoms with van der Waals surface area (Å²) in [6, 6.07) is 0. The summed E-state index contributed by atoms with van der Waals surface area (Å²) in [5.41, 5.74) is 0. The maximum Gasteiger partial charge on any atom is 0.186 e. The van der Waals surface area contributed by atoms with Crippen LogP contribution in [-0.4, -0.2) is 13.2 Å². The van der Waals surface area contributed by atoms with Crippen LogP contribution in [0.3, 0.4) is 0 Å². The second-order valence-electron chi connectivity index (χ2n) is 2.69. The van der Waals surface area contributed by atoms with Crippen LogP contribution in [0.5, 0.6) is 0 Å². The fourth-order valence-electron chi connectivity index (χ4n) is 0.957. The smallest absolute Gasteiger partial charge is 0.186 e. The van der Waals surface area contributed by atoms with Gasteiger partial charge in [0.25, 0.3) is 0 Å². The van der Waals surface area contributed by atoms with E-state index in [1.807, 2.05) is 13.1 Å². The summed E-state index contributed by atoms with van der Waals surface area (Å²) in [7, 11) is 1.86. The highest BCUT2D eigenvalue weighted by Crippen LogP contribution is 2.23. The molecule has 2 nitrogen and oxygen atoms in total. The first-order valence-electron chi connectivity index (χ1n) is 4.04. The number of rotatable bonds is 4. The van der Waals surface area contributed by atoms with E-state index in [-0.39, 0.29) is 0 Å². The molecule has 0 radical (unpaired) electrons. The van der Waals surface area contributed by atoms with E-state index in [1.165, 1.54) is 19.3 Å². The first-order valence-corrected chi connectivity index (χ1v) is 4.04. The molecule has 0 atom stereocenters. The van der Waals surface area contributed by atoms with Crippen LogP contribution < -0.4 is 5.32 Å². The lowest BCUT2D eigenvalue weighted by Crippen LogP contribution is -2.24. The minimum absolute atomic E-state index is 0.439. The third kappa shape index (κ3) is 2.30. The van der Waals surface area contributed by atoms with E-state index in [0.29, 0.717) is 6.10 Å². The van der Waals surface area contributed by atoms with Gasteiger partial charge >= 0.3 is 0 Å². The van der Waals surface area contributed by atoms with Crippen molar-refractivity contribution in [3.05, 3.63) is 24.6 Å². The zero-order valence-corrected chi connectivity index (χ0v) is 6.97. The van der Waals surface area contributed by atoms with Gasteiger partial charge in [-0.05, 0) is 25.3 Å². The molecule has 1 rings (SSSR count). The molecule has 0 amide bonds. The van der Waals surface area contributed by atoms with E-state index >= 15 is 0 Å². The molecule has 1 aliphatic carbocycles. The van der Waals surface area contributed by atoms with E-state index in [2.05, 4.69) is 11.9 Å². The van der Waals surface area contributed by atoms with E-state index in [0.717, 1.165) is 5.88 Å². The van der Waals surface area contributed by atoms with E-state index in [1.54, 1.807) is 6.08 Å². The van der Waals surface area contributed by atoms with Crippen LogP contribution in [-0.2, 0) is 4.74 Å². The van der Waals surface area contributed by atoms with Crippen LogP contribution in [0.1, 0.15) is 19.3 Å². The number of nitrogens with one attached hydrogen (secondary N) is 1. The van der Waals surface area contributed by atoms with Crippen molar-refractivity contribution in [2.45, 2.75) is 25.4 Å². The lowest BCUT2D eigenvalue weighted by atomic mass is 9.96. The molecular weight excluding hydrogens is 138 g/mol. The van der Waals surface area contributed by atoms with Crippen molar-refractivity contribution in [1.29, 1.82) is 0 Å². The molecule has 11 heavy (non-hydrogen) atoms. The minimum Gasteiger partial charge on any atom is -0.476 e. The Hall–Kier alpha value is -0.920. The highest BCUT2D eigenvalue weighted by atomic mass is 16.5. The van der Waals surface area contributed by atoms with Gasteiger partial charge in [-0.2, -0.15) is 0 Å². The van der Waals surface area contributed by atoms with Crippen LogP contribution in [0.25, 0.3) is 0 Å². The third-order valence-corrected chi connectivity index (χ3v) is 1.86. The zero-order chi connectivity index (χ0) is 8.10. The minimum atomic E-state index is 0.439. The first-order chi connectivity index (χ1) is 5.36. The molecule has 0 bridgehead atoms. The number of hydrogen-bond acceptors (Lipinski definition) is 2. The molecule has 0 unspecified atom stereocenters. The summed E-state index contributed by atoms with van der Waals surface area (Å²) < 4.78 is 5.55. The van der Waals surface area contributed by atoms with Crippen LogP contribution in [0.4, 0.5) is 0 Å². The topological polar surface area (TPSA) is 21.3 Å². The van der Waals surface area contributed by atoms with Gasteiger partial charge in [0.1, 0.15) is 6.10 Å². The molecule has 0 aromatic carbocycles. The van der Waals surface area contributed by atoms with Gasteiger partial charge in [0, 0.05) is 7.05 Å². The Kier molecular flexibility index (Phi) is 3.02. The first kappa shape index (κ1) is 8.18. The molecule has 0 spiro atoms. The van der Waals surface area contributed by atoms with Gasteiger partial charge in [0.2, 0.25) is 0 Å². The van der Waals surface area contributed by atoms with Crippen molar-refractivity contribution in [3.8, 4) is 0 Å². The Bertz CT molecular complexity index is 159. The molecule has 1 saturated carbocycles. The summed E-state index contributed by atoms with van der Waals surface area (Å²) in [5, 5.41) is 2.97. The highest BCUT2D eigenvalue weighted by molar-refractivity contribution is 5.02. The van der Waals surface area contributed by atoms with Gasteiger partial charge in [0.15, 0.2) is 5.88 Å². The maximum atomic E-state index is 5.55. The van der Waals surface area contributed by atoms with Gasteiger partial charge in [0.05, 0.1) is 0 Å². The largest absolute Gasteiger partial charge is 0.476 e. The summed E-state index contributed by atoms with van der Waals surface area (Å²) in [6.45, 7) is 3.60. The van der Waals surface area contributed by atoms with Gasteiger partial charge < -0.3 is 10.1 Å². The molecule has 1 N–H and O–H groups in total. The lowest BCUT2D eigenvalue weighted by Gasteiger charge is -2.27. The van der Waals surface area contributed by atoms with E-state index in [9.17, 15) is 0 Å². The molecule has 1 fully saturated rings. The van der Waals surface area contributed by atoms with Crippen LogP contribution in [0, 0.1) is 0 Å². The number of hydrogen-bond donors (Lipinski definition) is 1. The Morgan fingerprint density at radius 3 is 2.73 bits per heavy atom. The van der Waals surface area contributed by atoms with E-state index in [4.69, 9.17) is 4.74 Å². The maximum absolute atomic E-state index is 5.55. The average Bonchev–Trinajstić information content (AvgIpc) is 1.94. The Morgan fingerprint density at radius 2 is 2.36 bits per heavy atom. The standard InChI is InChI=1S/C9H15NO/c1-3-5-9(10-2)11-8-6-4-7-8/h3,5,8,10H,1,4,6-7H2,2H3/b9-5+. The molecule has 0 aromatic rings. The summed E-state index contributed by atoms with van der Waals surface area (Å²) in [5.74, 6) is 0.824. The molecule has 0 saturated heterocycles. The predicted molar refractivity (Wildman–Crippen MR) is 46.1 cm³/mol. The molecule has 62 valence electrons. The molecular formula is C9H15NO. The van der Waals surface area contributed by atoms with Crippen LogP contribution in [0.15, 0.2) is 24.6 Å². The second-order valence-corrected chi connectivity index (χ2v) is 2.69. The van der Waals surface area contributed by atoms with Gasteiger partial charge in [-0.3, -0.25) is 0 Å². The molecule has 0 heterocycles. The molecule has 1 aliphatic rings. The van der Waals surface area contributed by atoms with Crippen molar-refractivity contribution >= 4 is 0 Å². The Labute approximate surface area is 67.9 Å². The van der Waals surface area contributed by atoms with Crippen LogP contribution >= 0.6 is 0 Å². The fraction of sp³-hybridized carbons (Fsp3) is 0.556. The third-order valence-electron chi connectivity index (χ3n) is 1.86. The van der Waals surface area contributed by atoms with Gasteiger partial charge in [-0.1, -0.05) is 12.7 Å². The average molecular weight is 153 g/mol. The molecule has 2 heteroatoms. The monoisotopic (exact) mass is 153 g/mol. The van der Waals surface area contributed by atoms with Crippen LogP contribution in [0.2, 0.25) is 0 Å². The predicted octanol–water partition coefficient (Wildman–Crippen LogP) is 1.80. The highest BCUT2D eigenvalue weighted by Gasteiger charge is 2.19. The quantitative estimate of drug-likeness (QED) is 0.491. The van der Waals surface area contributed by atoms with Crippen molar-refractivity contribution < 1.29 is 4.74 Å². The zero-order valence-electron chi connectivity index (χ0n) is 6.97. The molecule has 0 aliphatic heterocycles. The summed E-state index contributed by atoms with van der Waals surface area (Å²) >= 11 is 0. The lowest BCUT2D eigenvalue weighted by molar-refractivity contribution is 0.0436. The summed E-state index contributed by atoms with van der Waals surface area (Å²) in [6.07, 6.45) is 7.69. The van der Waals surface area contributed by atoms with E-state index < -0.39 is 0 Å². The van der Waals surface area contributed by atoms with Crippen molar-refractivity contribution in [2.75, 3.05) is 7.05 Å². The van der Waals surface area contributed by atoms with Crippen molar-refractivity contribution in [1.82, 2.24) is 5.32 Å². The van der Waals surface area contributed by atoms with Gasteiger partial charge in [-0.25, -0.2) is 0 Å². The SMILES string of the molecule is C=C/C=C(\NC)OC1CCC1. The molecule has 0 aromatic heterocycles. The normalized spacial score (nSPS) is 18.8. The summed E-state index contributed by atoms with van der Waals surface area (Å²) in [4.78, 5) is 0. The number of allylic oxidation sites excluding steroid dienone is 2.